The Hall–Kier alpha value is -2.83. The Morgan fingerprint density at radius 1 is 1.25 bits per heavy atom. The van der Waals surface area contributed by atoms with Gasteiger partial charge in [-0.25, -0.2) is 9.59 Å². The number of nitrogens with one attached hydrogen (secondary N) is 2. The van der Waals surface area contributed by atoms with Crippen molar-refractivity contribution in [3.63, 3.8) is 0 Å². The Labute approximate surface area is 166 Å². The number of hydrogen-bond acceptors (Lipinski definition) is 4. The van der Waals surface area contributed by atoms with Crippen LogP contribution in [-0.4, -0.2) is 35.5 Å². The number of allylic oxidation sites excluding steroid dienone is 1. The van der Waals surface area contributed by atoms with Crippen molar-refractivity contribution in [3.8, 4) is 0 Å². The molecule has 0 spiro atoms. The molecule has 152 valence electrons. The average Bonchev–Trinajstić information content (AvgIpc) is 2.60. The molecule has 1 aliphatic rings. The van der Waals surface area contributed by atoms with Gasteiger partial charge in [0.15, 0.2) is 0 Å². The second-order valence-corrected chi connectivity index (χ2v) is 7.35. The number of amides is 3. The molecule has 1 atom stereocenters. The summed E-state index contributed by atoms with van der Waals surface area (Å²) in [6.45, 7) is 11.2. The largest absolute Gasteiger partial charge is 0.459 e. The molecule has 0 fully saturated rings. The Morgan fingerprint density at radius 3 is 2.50 bits per heavy atom. The van der Waals surface area contributed by atoms with Crippen molar-refractivity contribution < 1.29 is 19.1 Å². The lowest BCUT2D eigenvalue weighted by atomic mass is 9.94. The fourth-order valence-electron chi connectivity index (χ4n) is 3.04. The van der Waals surface area contributed by atoms with Gasteiger partial charge in [-0.15, -0.1) is 0 Å². The van der Waals surface area contributed by atoms with Crippen LogP contribution >= 0.6 is 0 Å². The maximum absolute atomic E-state index is 12.8. The average molecular weight is 387 g/mol. The van der Waals surface area contributed by atoms with Gasteiger partial charge in [0.05, 0.1) is 17.7 Å². The van der Waals surface area contributed by atoms with Crippen LogP contribution in [0.1, 0.15) is 53.1 Å². The van der Waals surface area contributed by atoms with Gasteiger partial charge in [0, 0.05) is 23.8 Å². The van der Waals surface area contributed by atoms with E-state index in [9.17, 15) is 14.4 Å². The molecule has 0 saturated heterocycles. The lowest BCUT2D eigenvalue weighted by Crippen LogP contribution is -2.48. The first kappa shape index (κ1) is 21.5. The minimum atomic E-state index is -0.655. The molecular formula is C21H29N3O4. The number of carbonyl (C=O) groups excluding carboxylic acids is 3. The van der Waals surface area contributed by atoms with E-state index in [1.807, 2.05) is 26.8 Å². The molecule has 0 saturated carbocycles. The number of hydrogen-bond donors (Lipinski definition) is 2. The smallest absolute Gasteiger partial charge is 0.338 e. The highest BCUT2D eigenvalue weighted by Crippen LogP contribution is 2.32. The van der Waals surface area contributed by atoms with Crippen LogP contribution in [0.25, 0.3) is 0 Å². The number of rotatable bonds is 6. The maximum atomic E-state index is 12.8. The molecule has 28 heavy (non-hydrogen) atoms. The van der Waals surface area contributed by atoms with Crippen LogP contribution in [0.2, 0.25) is 0 Å². The molecule has 1 heterocycles. The normalized spacial score (nSPS) is 17.1. The molecule has 2 N–H and O–H groups in total. The molecule has 7 nitrogen and oxygen atoms in total. The third-order valence-corrected chi connectivity index (χ3v) is 4.49. The Kier molecular flexibility index (Phi) is 6.83. The van der Waals surface area contributed by atoms with Gasteiger partial charge in [0.25, 0.3) is 0 Å². The standard InChI is InChI=1S/C21H29N3O4/c1-7-24-14(6)17(20(26)28-13(4)5)18(23-21(24)27)15-9-8-10-16(11-15)22-19(25)12(2)3/h8-13,18H,7H2,1-6H3,(H,22,25)(H,23,27). The number of nitrogens with zero attached hydrogens (tertiary/aromatic N) is 1. The van der Waals surface area contributed by atoms with Crippen molar-refractivity contribution in [1.29, 1.82) is 0 Å². The molecule has 7 heteroatoms. The lowest BCUT2D eigenvalue weighted by Gasteiger charge is -2.35. The first-order valence-corrected chi connectivity index (χ1v) is 9.56. The maximum Gasteiger partial charge on any atom is 0.338 e. The van der Waals surface area contributed by atoms with E-state index in [0.29, 0.717) is 29.1 Å². The van der Waals surface area contributed by atoms with Crippen LogP contribution in [-0.2, 0) is 14.3 Å². The molecule has 1 aromatic carbocycles. The van der Waals surface area contributed by atoms with Crippen molar-refractivity contribution in [1.82, 2.24) is 10.2 Å². The number of benzene rings is 1. The van der Waals surface area contributed by atoms with Crippen LogP contribution in [0.3, 0.4) is 0 Å². The van der Waals surface area contributed by atoms with Crippen LogP contribution in [0, 0.1) is 5.92 Å². The van der Waals surface area contributed by atoms with E-state index in [-0.39, 0.29) is 24.0 Å². The van der Waals surface area contributed by atoms with Crippen LogP contribution in [0.5, 0.6) is 0 Å². The van der Waals surface area contributed by atoms with Crippen molar-refractivity contribution >= 4 is 23.6 Å². The summed E-state index contributed by atoms with van der Waals surface area (Å²) in [4.78, 5) is 38.8. The van der Waals surface area contributed by atoms with Gasteiger partial charge in [0.2, 0.25) is 5.91 Å². The first-order chi connectivity index (χ1) is 13.1. The summed E-state index contributed by atoms with van der Waals surface area (Å²) in [7, 11) is 0. The van der Waals surface area contributed by atoms with Gasteiger partial charge in [0.1, 0.15) is 0 Å². The minimum absolute atomic E-state index is 0.104. The molecule has 2 rings (SSSR count). The van der Waals surface area contributed by atoms with E-state index in [4.69, 9.17) is 4.74 Å². The number of esters is 1. The highest BCUT2D eigenvalue weighted by Gasteiger charge is 2.36. The molecule has 3 amide bonds. The summed E-state index contributed by atoms with van der Waals surface area (Å²) < 4.78 is 5.42. The van der Waals surface area contributed by atoms with Gasteiger partial charge >= 0.3 is 12.0 Å². The Morgan fingerprint density at radius 2 is 1.93 bits per heavy atom. The van der Waals surface area contributed by atoms with Gasteiger partial charge in [-0.2, -0.15) is 0 Å². The topological polar surface area (TPSA) is 87.7 Å². The fraction of sp³-hybridized carbons (Fsp3) is 0.476. The van der Waals surface area contributed by atoms with E-state index < -0.39 is 12.0 Å². The second-order valence-electron chi connectivity index (χ2n) is 7.35. The number of carbonyl (C=O) groups is 3. The van der Waals surface area contributed by atoms with Crippen molar-refractivity contribution in [3.05, 3.63) is 41.1 Å². The molecule has 1 aromatic rings. The molecule has 1 aliphatic heterocycles. The zero-order valence-electron chi connectivity index (χ0n) is 17.3. The van der Waals surface area contributed by atoms with Gasteiger partial charge in [-0.1, -0.05) is 26.0 Å². The summed E-state index contributed by atoms with van der Waals surface area (Å²) in [5.41, 5.74) is 2.26. The van der Waals surface area contributed by atoms with E-state index >= 15 is 0 Å². The van der Waals surface area contributed by atoms with Crippen LogP contribution in [0.4, 0.5) is 10.5 Å². The first-order valence-electron chi connectivity index (χ1n) is 9.56. The number of anilines is 1. The monoisotopic (exact) mass is 387 g/mol. The quantitative estimate of drug-likeness (QED) is 0.730. The van der Waals surface area contributed by atoms with Crippen molar-refractivity contribution in [2.75, 3.05) is 11.9 Å². The Balaban J connectivity index is 2.46. The highest BCUT2D eigenvalue weighted by molar-refractivity contribution is 5.95. The van der Waals surface area contributed by atoms with Crippen LogP contribution in [0.15, 0.2) is 35.5 Å². The third-order valence-electron chi connectivity index (χ3n) is 4.49. The molecule has 1 unspecified atom stereocenters. The fourth-order valence-corrected chi connectivity index (χ4v) is 3.04. The van der Waals surface area contributed by atoms with Crippen molar-refractivity contribution in [2.45, 2.75) is 53.7 Å². The highest BCUT2D eigenvalue weighted by atomic mass is 16.5. The van der Waals surface area contributed by atoms with E-state index in [1.165, 1.54) is 4.90 Å². The zero-order valence-corrected chi connectivity index (χ0v) is 17.3. The summed E-state index contributed by atoms with van der Waals surface area (Å²) in [6, 6.07) is 6.20. The zero-order chi connectivity index (χ0) is 21.0. The summed E-state index contributed by atoms with van der Waals surface area (Å²) >= 11 is 0. The predicted molar refractivity (Wildman–Crippen MR) is 107 cm³/mol. The number of ether oxygens (including phenoxy) is 1. The van der Waals surface area contributed by atoms with E-state index in [1.54, 1.807) is 39.0 Å². The van der Waals surface area contributed by atoms with Gasteiger partial charge in [-0.05, 0) is 45.4 Å². The third kappa shape index (κ3) is 4.71. The van der Waals surface area contributed by atoms with Crippen LogP contribution < -0.4 is 10.6 Å². The molecule has 0 bridgehead atoms. The van der Waals surface area contributed by atoms with E-state index in [2.05, 4.69) is 10.6 Å². The van der Waals surface area contributed by atoms with Crippen molar-refractivity contribution in [2.24, 2.45) is 5.92 Å². The predicted octanol–water partition coefficient (Wildman–Crippen LogP) is 3.59. The molecular weight excluding hydrogens is 358 g/mol. The Bertz CT molecular complexity index is 799. The van der Waals surface area contributed by atoms with Gasteiger partial charge < -0.3 is 15.4 Å². The molecule has 0 aliphatic carbocycles. The summed E-state index contributed by atoms with van der Waals surface area (Å²) in [5, 5.41) is 5.73. The minimum Gasteiger partial charge on any atom is -0.459 e. The lowest BCUT2D eigenvalue weighted by molar-refractivity contribution is -0.143. The molecule has 0 radical (unpaired) electrons. The summed E-state index contributed by atoms with van der Waals surface area (Å²) in [5.74, 6) is -0.726. The van der Waals surface area contributed by atoms with E-state index in [0.717, 1.165) is 0 Å². The second kappa shape index (κ2) is 8.91. The SMILES string of the molecule is CCN1C(=O)NC(c2cccc(NC(=O)C(C)C)c2)C(C(=O)OC(C)C)=C1C. The number of urea groups is 1. The summed E-state index contributed by atoms with van der Waals surface area (Å²) in [6.07, 6.45) is -0.280. The molecule has 0 aromatic heterocycles. The van der Waals surface area contributed by atoms with Gasteiger partial charge in [-0.3, -0.25) is 9.69 Å².